The fraction of sp³-hybridized carbons (Fsp3) is 0.438. The van der Waals surface area contributed by atoms with Crippen molar-refractivity contribution in [1.82, 2.24) is 4.98 Å². The molecule has 2 N–H and O–H groups in total. The van der Waals surface area contributed by atoms with Crippen LogP contribution in [0.5, 0.6) is 0 Å². The Labute approximate surface area is 108 Å². The van der Waals surface area contributed by atoms with Gasteiger partial charge >= 0.3 is 0 Å². The Morgan fingerprint density at radius 1 is 1.33 bits per heavy atom. The molecule has 18 heavy (non-hydrogen) atoms. The van der Waals surface area contributed by atoms with Gasteiger partial charge in [0.2, 0.25) is 0 Å². The molecule has 1 aromatic carbocycles. The van der Waals surface area contributed by atoms with Crippen molar-refractivity contribution in [3.63, 3.8) is 0 Å². The van der Waals surface area contributed by atoms with Crippen molar-refractivity contribution in [2.24, 2.45) is 11.7 Å². The average molecular weight is 240 g/mol. The normalized spacial score (nSPS) is 27.8. The van der Waals surface area contributed by atoms with E-state index in [4.69, 9.17) is 5.73 Å². The maximum absolute atomic E-state index is 6.54. The molecule has 2 aromatic rings. The lowest BCUT2D eigenvalue weighted by Crippen LogP contribution is -2.39. The first-order valence-corrected chi connectivity index (χ1v) is 6.78. The quantitative estimate of drug-likeness (QED) is 0.874. The molecule has 2 nitrogen and oxygen atoms in total. The van der Waals surface area contributed by atoms with E-state index >= 15 is 0 Å². The number of pyridine rings is 1. The monoisotopic (exact) mass is 240 g/mol. The van der Waals surface area contributed by atoms with Gasteiger partial charge in [-0.05, 0) is 43.2 Å². The zero-order valence-corrected chi connectivity index (χ0v) is 10.9. The van der Waals surface area contributed by atoms with Crippen LogP contribution in [0.25, 0.3) is 10.9 Å². The number of nitrogens with zero attached hydrogens (tertiary/aromatic N) is 1. The summed E-state index contributed by atoms with van der Waals surface area (Å²) in [6, 6.07) is 10.5. The smallest absolute Gasteiger partial charge is 0.0734 e. The number of hydrogen-bond donors (Lipinski definition) is 1. The summed E-state index contributed by atoms with van der Waals surface area (Å²) in [5.41, 5.74) is 8.93. The molecule has 1 aliphatic rings. The lowest BCUT2D eigenvalue weighted by molar-refractivity contribution is 0.420. The van der Waals surface area contributed by atoms with Gasteiger partial charge in [0, 0.05) is 17.1 Å². The molecule has 1 aliphatic carbocycles. The molecule has 0 bridgehead atoms. The highest BCUT2D eigenvalue weighted by Gasteiger charge is 2.33. The molecule has 0 amide bonds. The Morgan fingerprint density at radius 2 is 2.17 bits per heavy atom. The summed E-state index contributed by atoms with van der Waals surface area (Å²) in [4.78, 5) is 4.52. The molecule has 0 aliphatic heterocycles. The van der Waals surface area contributed by atoms with E-state index < -0.39 is 0 Å². The number of hydrogen-bond acceptors (Lipinski definition) is 2. The maximum Gasteiger partial charge on any atom is 0.0734 e. The van der Waals surface area contributed by atoms with Crippen LogP contribution in [0, 0.1) is 5.92 Å². The largest absolute Gasteiger partial charge is 0.325 e. The number of nitrogens with two attached hydrogens (primary N) is 1. The average Bonchev–Trinajstić information content (AvgIpc) is 2.70. The molecular weight excluding hydrogens is 220 g/mol. The lowest BCUT2D eigenvalue weighted by Gasteiger charge is -2.24. The molecule has 1 saturated carbocycles. The van der Waals surface area contributed by atoms with Gasteiger partial charge in [-0.15, -0.1) is 0 Å². The predicted octanol–water partition coefficient (Wildman–Crippen LogP) is 3.29. The maximum atomic E-state index is 6.54. The molecule has 2 unspecified atom stereocenters. The van der Waals surface area contributed by atoms with Crippen molar-refractivity contribution < 1.29 is 0 Å². The first-order valence-electron chi connectivity index (χ1n) is 6.78. The van der Waals surface area contributed by atoms with E-state index in [9.17, 15) is 0 Å². The molecule has 1 fully saturated rings. The van der Waals surface area contributed by atoms with Crippen LogP contribution in [0.1, 0.15) is 31.7 Å². The van der Waals surface area contributed by atoms with E-state index in [1.165, 1.54) is 17.4 Å². The van der Waals surface area contributed by atoms with E-state index in [2.05, 4.69) is 36.2 Å². The van der Waals surface area contributed by atoms with Crippen LogP contribution >= 0.6 is 0 Å². The highest BCUT2D eigenvalue weighted by atomic mass is 14.8. The summed E-state index contributed by atoms with van der Waals surface area (Å²) >= 11 is 0. The minimum atomic E-state index is -0.0226. The second-order valence-corrected chi connectivity index (χ2v) is 5.88. The van der Waals surface area contributed by atoms with Crippen molar-refractivity contribution in [2.75, 3.05) is 0 Å². The second-order valence-electron chi connectivity index (χ2n) is 5.88. The zero-order chi connectivity index (χ0) is 12.6. The second kappa shape index (κ2) is 4.36. The molecule has 3 rings (SSSR count). The van der Waals surface area contributed by atoms with E-state index in [-0.39, 0.29) is 5.54 Å². The summed E-state index contributed by atoms with van der Waals surface area (Å²) in [6.45, 7) is 2.30. The molecule has 0 spiro atoms. The summed E-state index contributed by atoms with van der Waals surface area (Å²) in [7, 11) is 0. The van der Waals surface area contributed by atoms with Gasteiger partial charge in [-0.3, -0.25) is 4.98 Å². The van der Waals surface area contributed by atoms with Gasteiger partial charge in [0.15, 0.2) is 0 Å². The zero-order valence-electron chi connectivity index (χ0n) is 10.9. The van der Waals surface area contributed by atoms with E-state index in [0.717, 1.165) is 30.7 Å². The molecule has 2 atom stereocenters. The molecule has 1 heterocycles. The fourth-order valence-corrected chi connectivity index (χ4v) is 3.28. The number of fused-ring (bicyclic) bond motifs is 1. The third-order valence-electron chi connectivity index (χ3n) is 4.15. The van der Waals surface area contributed by atoms with Gasteiger partial charge < -0.3 is 5.73 Å². The number of rotatable bonds is 2. The Bertz CT molecular complexity index is 559. The summed E-state index contributed by atoms with van der Waals surface area (Å²) < 4.78 is 0. The minimum Gasteiger partial charge on any atom is -0.325 e. The topological polar surface area (TPSA) is 38.9 Å². The van der Waals surface area contributed by atoms with Gasteiger partial charge in [-0.25, -0.2) is 0 Å². The minimum absolute atomic E-state index is 0.0226. The third-order valence-corrected chi connectivity index (χ3v) is 4.15. The van der Waals surface area contributed by atoms with E-state index in [1.54, 1.807) is 0 Å². The van der Waals surface area contributed by atoms with Crippen molar-refractivity contribution in [3.05, 3.63) is 42.1 Å². The van der Waals surface area contributed by atoms with Crippen LogP contribution in [-0.2, 0) is 6.42 Å². The summed E-state index contributed by atoms with van der Waals surface area (Å²) in [5.74, 6) is 0.762. The first-order chi connectivity index (χ1) is 8.66. The third kappa shape index (κ3) is 2.13. The number of para-hydroxylation sites is 1. The van der Waals surface area contributed by atoms with E-state index in [1.807, 2.05) is 12.3 Å². The van der Waals surface area contributed by atoms with Gasteiger partial charge in [-0.1, -0.05) is 31.2 Å². The molecule has 1 aromatic heterocycles. The SMILES string of the molecule is CC1CCC(N)(Cc2cccc3cccnc23)C1. The summed E-state index contributed by atoms with van der Waals surface area (Å²) in [5, 5.41) is 1.21. The molecular formula is C16H20N2. The highest BCUT2D eigenvalue weighted by molar-refractivity contribution is 5.81. The van der Waals surface area contributed by atoms with Crippen LogP contribution < -0.4 is 5.73 Å². The fourth-order valence-electron chi connectivity index (χ4n) is 3.28. The van der Waals surface area contributed by atoms with Gasteiger partial charge in [0.1, 0.15) is 0 Å². The summed E-state index contributed by atoms with van der Waals surface area (Å²) in [6.07, 6.45) is 6.35. The first kappa shape index (κ1) is 11.7. The van der Waals surface area contributed by atoms with Gasteiger partial charge in [0.25, 0.3) is 0 Å². The molecule has 94 valence electrons. The highest BCUT2D eigenvalue weighted by Crippen LogP contribution is 2.35. The van der Waals surface area contributed by atoms with Crippen molar-refractivity contribution in [3.8, 4) is 0 Å². The Hall–Kier alpha value is -1.41. The van der Waals surface area contributed by atoms with Crippen molar-refractivity contribution in [2.45, 2.75) is 38.1 Å². The van der Waals surface area contributed by atoms with Crippen LogP contribution in [0.4, 0.5) is 0 Å². The molecule has 0 saturated heterocycles. The van der Waals surface area contributed by atoms with Crippen LogP contribution in [0.15, 0.2) is 36.5 Å². The Balaban J connectivity index is 1.95. The van der Waals surface area contributed by atoms with Gasteiger partial charge in [-0.2, -0.15) is 0 Å². The Kier molecular flexibility index (Phi) is 2.83. The molecule has 0 radical (unpaired) electrons. The van der Waals surface area contributed by atoms with Crippen molar-refractivity contribution >= 4 is 10.9 Å². The predicted molar refractivity (Wildman–Crippen MR) is 75.4 cm³/mol. The number of aromatic nitrogens is 1. The molecule has 2 heteroatoms. The van der Waals surface area contributed by atoms with Gasteiger partial charge in [0.05, 0.1) is 5.52 Å². The van der Waals surface area contributed by atoms with Crippen molar-refractivity contribution in [1.29, 1.82) is 0 Å². The van der Waals surface area contributed by atoms with Crippen LogP contribution in [0.3, 0.4) is 0 Å². The number of benzene rings is 1. The Morgan fingerprint density at radius 3 is 2.94 bits per heavy atom. The standard InChI is InChI=1S/C16H20N2/c1-12-7-8-16(17,10-12)11-14-5-2-4-13-6-3-9-18-15(13)14/h2-6,9,12H,7-8,10-11,17H2,1H3. The van der Waals surface area contributed by atoms with E-state index in [0.29, 0.717) is 0 Å². The lowest BCUT2D eigenvalue weighted by atomic mass is 9.88. The van der Waals surface area contributed by atoms with Crippen LogP contribution in [0.2, 0.25) is 0 Å². The van der Waals surface area contributed by atoms with Crippen LogP contribution in [-0.4, -0.2) is 10.5 Å².